The molecular weight excluding hydrogens is 248 g/mol. The summed E-state index contributed by atoms with van der Waals surface area (Å²) in [5.41, 5.74) is 0.347. The zero-order valence-electron chi connectivity index (χ0n) is 13.8. The quantitative estimate of drug-likeness (QED) is 0.341. The van der Waals surface area contributed by atoms with Crippen LogP contribution in [0.4, 0.5) is 0 Å². The summed E-state index contributed by atoms with van der Waals surface area (Å²) < 4.78 is 0. The highest BCUT2D eigenvalue weighted by Gasteiger charge is 2.13. The molecule has 0 aliphatic heterocycles. The van der Waals surface area contributed by atoms with Crippen LogP contribution in [0.15, 0.2) is 12.2 Å². The van der Waals surface area contributed by atoms with E-state index >= 15 is 0 Å². The van der Waals surface area contributed by atoms with E-state index in [1.165, 1.54) is 51.4 Å². The van der Waals surface area contributed by atoms with E-state index in [4.69, 9.17) is 5.11 Å². The minimum absolute atomic E-state index is 0.347. The summed E-state index contributed by atoms with van der Waals surface area (Å²) in [6.07, 6.45) is 12.3. The molecule has 2 nitrogen and oxygen atoms in total. The van der Waals surface area contributed by atoms with E-state index in [1.54, 1.807) is 0 Å². The van der Waals surface area contributed by atoms with Crippen molar-refractivity contribution in [3.8, 4) is 0 Å². The first-order valence-corrected chi connectivity index (χ1v) is 8.40. The Morgan fingerprint density at radius 2 is 1.45 bits per heavy atom. The van der Waals surface area contributed by atoms with Gasteiger partial charge in [-0.2, -0.15) is 0 Å². The summed E-state index contributed by atoms with van der Waals surface area (Å²) in [7, 11) is 0. The molecule has 20 heavy (non-hydrogen) atoms. The molecule has 0 rings (SSSR count). The lowest BCUT2D eigenvalue weighted by Gasteiger charge is -2.19. The van der Waals surface area contributed by atoms with Crippen LogP contribution in [0.25, 0.3) is 0 Å². The maximum atomic E-state index is 10.7. The van der Waals surface area contributed by atoms with Gasteiger partial charge in [-0.15, -0.1) is 0 Å². The highest BCUT2D eigenvalue weighted by molar-refractivity contribution is 5.85. The molecule has 0 saturated heterocycles. The second kappa shape index (κ2) is 12.0. The van der Waals surface area contributed by atoms with Crippen molar-refractivity contribution in [1.29, 1.82) is 0 Å². The molecule has 0 amide bonds. The summed E-state index contributed by atoms with van der Waals surface area (Å²) in [6, 6.07) is 0. The first kappa shape index (κ1) is 19.2. The molecule has 0 saturated carbocycles. The molecule has 1 N–H and O–H groups in total. The summed E-state index contributed by atoms with van der Waals surface area (Å²) in [5.74, 6) is 0.426. The van der Waals surface area contributed by atoms with Gasteiger partial charge in [-0.05, 0) is 24.7 Å². The number of carboxylic acid groups (broad SMARTS) is 1. The van der Waals surface area contributed by atoms with Gasteiger partial charge in [0.1, 0.15) is 0 Å². The second-order valence-electron chi connectivity index (χ2n) is 6.31. The average Bonchev–Trinajstić information content (AvgIpc) is 2.42. The van der Waals surface area contributed by atoms with Crippen molar-refractivity contribution in [2.45, 2.75) is 85.0 Å². The highest BCUT2D eigenvalue weighted by Crippen LogP contribution is 2.24. The first-order valence-electron chi connectivity index (χ1n) is 8.40. The van der Waals surface area contributed by atoms with E-state index in [0.717, 1.165) is 6.42 Å². The lowest BCUT2D eigenvalue weighted by atomic mass is 9.86. The number of unbranched alkanes of at least 4 members (excludes halogenated alkanes) is 6. The van der Waals surface area contributed by atoms with Crippen molar-refractivity contribution >= 4 is 5.97 Å². The number of hydrogen-bond donors (Lipinski definition) is 1. The van der Waals surface area contributed by atoms with E-state index in [0.29, 0.717) is 23.8 Å². The molecule has 0 aromatic carbocycles. The highest BCUT2D eigenvalue weighted by atomic mass is 16.4. The largest absolute Gasteiger partial charge is 0.478 e. The fourth-order valence-electron chi connectivity index (χ4n) is 2.50. The van der Waals surface area contributed by atoms with Crippen LogP contribution in [0.3, 0.4) is 0 Å². The van der Waals surface area contributed by atoms with Gasteiger partial charge in [-0.1, -0.05) is 78.7 Å². The van der Waals surface area contributed by atoms with Gasteiger partial charge in [0.05, 0.1) is 0 Å². The average molecular weight is 282 g/mol. The molecule has 0 heterocycles. The van der Waals surface area contributed by atoms with E-state index in [-0.39, 0.29) is 0 Å². The molecule has 0 aliphatic carbocycles. The number of carbonyl (C=O) groups is 1. The number of rotatable bonds is 13. The maximum Gasteiger partial charge on any atom is 0.330 e. The van der Waals surface area contributed by atoms with Crippen molar-refractivity contribution in [3.05, 3.63) is 12.2 Å². The predicted molar refractivity (Wildman–Crippen MR) is 86.9 cm³/mol. The lowest BCUT2D eigenvalue weighted by molar-refractivity contribution is -0.132. The summed E-state index contributed by atoms with van der Waals surface area (Å²) in [5, 5.41) is 8.80. The summed E-state index contributed by atoms with van der Waals surface area (Å²) in [4.78, 5) is 10.7. The minimum Gasteiger partial charge on any atom is -0.478 e. The van der Waals surface area contributed by atoms with Crippen LogP contribution in [-0.2, 0) is 4.79 Å². The number of aliphatic carboxylic acids is 1. The van der Waals surface area contributed by atoms with Crippen molar-refractivity contribution in [3.63, 3.8) is 0 Å². The van der Waals surface area contributed by atoms with Gasteiger partial charge in [-0.25, -0.2) is 4.79 Å². The van der Waals surface area contributed by atoms with E-state index in [2.05, 4.69) is 27.4 Å². The molecule has 0 bridgehead atoms. The van der Waals surface area contributed by atoms with Gasteiger partial charge >= 0.3 is 5.97 Å². The molecule has 2 heteroatoms. The third-order valence-corrected chi connectivity index (χ3v) is 4.44. The van der Waals surface area contributed by atoms with Crippen molar-refractivity contribution in [2.24, 2.45) is 11.8 Å². The Bertz CT molecular complexity index is 271. The molecule has 0 radical (unpaired) electrons. The van der Waals surface area contributed by atoms with Crippen LogP contribution < -0.4 is 0 Å². The third kappa shape index (κ3) is 10.1. The SMILES string of the molecule is C=C(CCC(C)C(C)CCCCCCCCC)C(=O)O. The fourth-order valence-corrected chi connectivity index (χ4v) is 2.50. The summed E-state index contributed by atoms with van der Waals surface area (Å²) in [6.45, 7) is 10.4. The van der Waals surface area contributed by atoms with Crippen LogP contribution >= 0.6 is 0 Å². The zero-order valence-corrected chi connectivity index (χ0v) is 13.8. The standard InChI is InChI=1S/C18H34O2/c1-5-6-7-8-9-10-11-12-15(2)16(3)13-14-17(4)18(19)20/h15-16H,4-14H2,1-3H3,(H,19,20). The smallest absolute Gasteiger partial charge is 0.330 e. The minimum atomic E-state index is -0.850. The van der Waals surface area contributed by atoms with Gasteiger partial charge in [0.2, 0.25) is 0 Å². The van der Waals surface area contributed by atoms with Gasteiger partial charge in [0, 0.05) is 5.57 Å². The Kier molecular flexibility index (Phi) is 11.5. The molecule has 0 fully saturated rings. The Hall–Kier alpha value is -0.790. The Labute approximate surface area is 125 Å². The second-order valence-corrected chi connectivity index (χ2v) is 6.31. The van der Waals surface area contributed by atoms with E-state index < -0.39 is 5.97 Å². The van der Waals surface area contributed by atoms with Crippen molar-refractivity contribution < 1.29 is 9.90 Å². The lowest BCUT2D eigenvalue weighted by Crippen LogP contribution is -2.10. The molecule has 0 aromatic rings. The van der Waals surface area contributed by atoms with E-state index in [9.17, 15) is 4.79 Å². The van der Waals surface area contributed by atoms with Crippen molar-refractivity contribution in [1.82, 2.24) is 0 Å². The molecule has 2 unspecified atom stereocenters. The molecule has 2 atom stereocenters. The van der Waals surface area contributed by atoms with Crippen LogP contribution in [0.1, 0.15) is 85.0 Å². The normalized spacial score (nSPS) is 13.9. The summed E-state index contributed by atoms with van der Waals surface area (Å²) >= 11 is 0. The van der Waals surface area contributed by atoms with Crippen molar-refractivity contribution in [2.75, 3.05) is 0 Å². The topological polar surface area (TPSA) is 37.3 Å². The molecule has 118 valence electrons. The predicted octanol–water partition coefficient (Wildman–Crippen LogP) is 5.82. The van der Waals surface area contributed by atoms with E-state index in [1.807, 2.05) is 0 Å². The number of hydrogen-bond acceptors (Lipinski definition) is 1. The zero-order chi connectivity index (χ0) is 15.4. The monoisotopic (exact) mass is 282 g/mol. The van der Waals surface area contributed by atoms with Gasteiger partial charge in [0.25, 0.3) is 0 Å². The maximum absolute atomic E-state index is 10.7. The van der Waals surface area contributed by atoms with Crippen LogP contribution in [0, 0.1) is 11.8 Å². The Balaban J connectivity index is 3.57. The van der Waals surface area contributed by atoms with Crippen LogP contribution in [0.5, 0.6) is 0 Å². The number of carboxylic acids is 1. The first-order chi connectivity index (χ1) is 9.49. The Morgan fingerprint density at radius 1 is 0.950 bits per heavy atom. The Morgan fingerprint density at radius 3 is 2.00 bits per heavy atom. The van der Waals surface area contributed by atoms with Crippen LogP contribution in [0.2, 0.25) is 0 Å². The third-order valence-electron chi connectivity index (χ3n) is 4.44. The van der Waals surface area contributed by atoms with Gasteiger partial charge in [-0.3, -0.25) is 0 Å². The molecule has 0 aromatic heterocycles. The van der Waals surface area contributed by atoms with Gasteiger partial charge in [0.15, 0.2) is 0 Å². The van der Waals surface area contributed by atoms with Crippen LogP contribution in [-0.4, -0.2) is 11.1 Å². The molecule has 0 aliphatic rings. The molecular formula is C18H34O2. The molecule has 0 spiro atoms. The fraction of sp³-hybridized carbons (Fsp3) is 0.833. The van der Waals surface area contributed by atoms with Gasteiger partial charge < -0.3 is 5.11 Å².